The number of ketones is 1. The Kier molecular flexibility index (Phi) is 7.42. The van der Waals surface area contributed by atoms with Gasteiger partial charge < -0.3 is 4.90 Å². The van der Waals surface area contributed by atoms with E-state index in [1.165, 1.54) is 23.2 Å². The summed E-state index contributed by atoms with van der Waals surface area (Å²) in [5, 5.41) is -1.15. The first-order valence-electron chi connectivity index (χ1n) is 13.0. The van der Waals surface area contributed by atoms with Crippen LogP contribution in [0.5, 0.6) is 0 Å². The third-order valence-corrected chi connectivity index (χ3v) is 9.08. The molecule has 5 rings (SSSR count). The lowest BCUT2D eigenvalue weighted by Gasteiger charge is -2.29. The summed E-state index contributed by atoms with van der Waals surface area (Å²) in [6.45, 7) is 3.88. The van der Waals surface area contributed by atoms with Gasteiger partial charge >= 0.3 is 5.12 Å². The lowest BCUT2D eigenvalue weighted by Crippen LogP contribution is -2.46. The van der Waals surface area contributed by atoms with Crippen molar-refractivity contribution in [2.75, 3.05) is 13.1 Å². The Morgan fingerprint density at radius 3 is 2.46 bits per heavy atom. The van der Waals surface area contributed by atoms with Crippen LogP contribution in [0.1, 0.15) is 48.7 Å². The van der Waals surface area contributed by atoms with Crippen molar-refractivity contribution in [1.29, 1.82) is 0 Å². The van der Waals surface area contributed by atoms with Gasteiger partial charge in [-0.05, 0) is 59.7 Å². The maximum atomic E-state index is 14.0. The van der Waals surface area contributed by atoms with Crippen LogP contribution in [-0.4, -0.2) is 69.6 Å². The second-order valence-electron chi connectivity index (χ2n) is 10.4. The van der Waals surface area contributed by atoms with Crippen molar-refractivity contribution >= 4 is 26.8 Å². The van der Waals surface area contributed by atoms with Crippen LogP contribution in [0.2, 0.25) is 0 Å². The van der Waals surface area contributed by atoms with Gasteiger partial charge in [-0.3, -0.25) is 24.4 Å². The molecule has 9 nitrogen and oxygen atoms in total. The first-order valence-corrected chi connectivity index (χ1v) is 14.4. The molecule has 2 aliphatic rings. The quantitative estimate of drug-likeness (QED) is 0.446. The van der Waals surface area contributed by atoms with Crippen LogP contribution in [0.15, 0.2) is 73.2 Å². The van der Waals surface area contributed by atoms with Crippen LogP contribution < -0.4 is 0 Å². The fraction of sp³-hybridized carbons (Fsp3) is 0.345. The van der Waals surface area contributed by atoms with Crippen molar-refractivity contribution in [3.8, 4) is 11.1 Å². The van der Waals surface area contributed by atoms with Gasteiger partial charge in [0.15, 0.2) is 5.78 Å². The van der Waals surface area contributed by atoms with Crippen molar-refractivity contribution in [2.24, 2.45) is 5.92 Å². The first kappa shape index (κ1) is 26.8. The normalized spacial score (nSPS) is 20.3. The van der Waals surface area contributed by atoms with Crippen LogP contribution in [-0.2, 0) is 19.6 Å². The van der Waals surface area contributed by atoms with E-state index < -0.39 is 39.7 Å². The lowest BCUT2D eigenvalue weighted by atomic mass is 9.87. The number of pyridine rings is 2. The summed E-state index contributed by atoms with van der Waals surface area (Å²) >= 11 is 0. The number of carbonyl (C=O) groups is 3. The highest BCUT2D eigenvalue weighted by molar-refractivity contribution is 8.04. The van der Waals surface area contributed by atoms with Crippen LogP contribution in [0.25, 0.3) is 11.1 Å². The largest absolute Gasteiger partial charge is 0.330 e. The lowest BCUT2D eigenvalue weighted by molar-refractivity contribution is -0.138. The number of hydrogen-bond acceptors (Lipinski definition) is 7. The molecule has 0 aliphatic carbocycles. The number of Topliss-reactive ketones (excluding diaryl/α,β-unsaturated/α-hetero) is 1. The zero-order valence-electron chi connectivity index (χ0n) is 21.8. The molecule has 1 amide bonds. The van der Waals surface area contributed by atoms with Crippen LogP contribution >= 0.6 is 0 Å². The predicted octanol–water partition coefficient (Wildman–Crippen LogP) is 3.30. The van der Waals surface area contributed by atoms with Gasteiger partial charge in [0.05, 0.1) is 18.5 Å². The second-order valence-corrected chi connectivity index (χ2v) is 12.2. The van der Waals surface area contributed by atoms with Crippen molar-refractivity contribution in [1.82, 2.24) is 19.2 Å². The monoisotopic (exact) mass is 546 g/mol. The summed E-state index contributed by atoms with van der Waals surface area (Å²) in [6, 6.07) is 14.4. The van der Waals surface area contributed by atoms with Gasteiger partial charge in [0.2, 0.25) is 5.91 Å². The molecule has 0 bridgehead atoms. The number of fused-ring (bicyclic) bond motifs is 1. The van der Waals surface area contributed by atoms with Crippen LogP contribution in [0, 0.1) is 5.92 Å². The molecule has 2 aliphatic heterocycles. The van der Waals surface area contributed by atoms with E-state index in [9.17, 15) is 22.8 Å². The molecule has 3 unspecified atom stereocenters. The Hall–Kier alpha value is -3.76. The molecule has 10 heteroatoms. The van der Waals surface area contributed by atoms with Gasteiger partial charge in [0.25, 0.3) is 10.0 Å². The average Bonchev–Trinajstić information content (AvgIpc) is 3.53. The van der Waals surface area contributed by atoms with E-state index in [1.807, 2.05) is 50.2 Å². The number of rotatable bonds is 7. The summed E-state index contributed by atoms with van der Waals surface area (Å²) in [5.41, 5.74) is 2.57. The summed E-state index contributed by atoms with van der Waals surface area (Å²) < 4.78 is 27.5. The molecule has 2 aromatic heterocycles. The minimum Gasteiger partial charge on any atom is -0.330 e. The zero-order chi connectivity index (χ0) is 27.7. The van der Waals surface area contributed by atoms with Crippen molar-refractivity contribution < 1.29 is 22.8 Å². The van der Waals surface area contributed by atoms with E-state index in [0.717, 1.165) is 21.0 Å². The number of benzene rings is 1. The molecule has 0 N–H and O–H groups in total. The SMILES string of the molecule is CC(C)CC(C(=O)N1CCC2C1C(=O)CN2S(=O)(=O)C(=O)c1ccccn1)c1cccc(-c2ccncc2)c1. The molecule has 39 heavy (non-hydrogen) atoms. The van der Waals surface area contributed by atoms with E-state index in [2.05, 4.69) is 9.97 Å². The molecule has 0 saturated carbocycles. The van der Waals surface area contributed by atoms with Crippen molar-refractivity contribution in [3.63, 3.8) is 0 Å². The molecule has 3 aromatic rings. The molecular weight excluding hydrogens is 516 g/mol. The van der Waals surface area contributed by atoms with Gasteiger partial charge in [0, 0.05) is 25.1 Å². The fourth-order valence-corrected chi connectivity index (χ4v) is 7.07. The van der Waals surface area contributed by atoms with E-state index in [-0.39, 0.29) is 36.3 Å². The highest BCUT2D eigenvalue weighted by atomic mass is 32.2. The highest BCUT2D eigenvalue weighted by Crippen LogP contribution is 2.37. The Bertz CT molecular complexity index is 1490. The van der Waals surface area contributed by atoms with Gasteiger partial charge in [-0.25, -0.2) is 8.42 Å². The minimum atomic E-state index is -4.49. The van der Waals surface area contributed by atoms with E-state index >= 15 is 0 Å². The van der Waals surface area contributed by atoms with E-state index in [4.69, 9.17) is 0 Å². The third kappa shape index (κ3) is 5.14. The van der Waals surface area contributed by atoms with E-state index in [0.29, 0.717) is 6.42 Å². The summed E-state index contributed by atoms with van der Waals surface area (Å²) in [6.07, 6.45) is 5.62. The number of hydrogen-bond donors (Lipinski definition) is 0. The smallest absolute Gasteiger partial charge is 0.310 e. The maximum Gasteiger partial charge on any atom is 0.310 e. The Balaban J connectivity index is 1.42. The number of aromatic nitrogens is 2. The molecule has 2 fully saturated rings. The zero-order valence-corrected chi connectivity index (χ0v) is 22.6. The molecule has 2 saturated heterocycles. The van der Waals surface area contributed by atoms with Gasteiger partial charge in [0.1, 0.15) is 11.7 Å². The number of carbonyl (C=O) groups excluding carboxylic acids is 3. The summed E-state index contributed by atoms with van der Waals surface area (Å²) in [5.74, 6) is -0.878. The summed E-state index contributed by atoms with van der Waals surface area (Å²) in [7, 11) is -4.49. The van der Waals surface area contributed by atoms with E-state index in [1.54, 1.807) is 18.5 Å². The number of sulfonamides is 1. The average molecular weight is 547 g/mol. The van der Waals surface area contributed by atoms with Crippen LogP contribution in [0.4, 0.5) is 0 Å². The molecule has 1 aromatic carbocycles. The molecule has 202 valence electrons. The van der Waals surface area contributed by atoms with Crippen molar-refractivity contribution in [3.05, 3.63) is 84.4 Å². The van der Waals surface area contributed by atoms with Gasteiger partial charge in [-0.15, -0.1) is 0 Å². The molecule has 4 heterocycles. The van der Waals surface area contributed by atoms with Gasteiger partial charge in [-0.2, -0.15) is 4.31 Å². The topological polar surface area (TPSA) is 118 Å². The Morgan fingerprint density at radius 2 is 1.77 bits per heavy atom. The molecule has 3 atom stereocenters. The first-order chi connectivity index (χ1) is 18.7. The third-order valence-electron chi connectivity index (χ3n) is 7.39. The summed E-state index contributed by atoms with van der Waals surface area (Å²) in [4.78, 5) is 49.5. The maximum absolute atomic E-state index is 14.0. The highest BCUT2D eigenvalue weighted by Gasteiger charge is 2.55. The van der Waals surface area contributed by atoms with Crippen LogP contribution in [0.3, 0.4) is 0 Å². The Morgan fingerprint density at radius 1 is 1.00 bits per heavy atom. The Labute approximate surface area is 227 Å². The fourth-order valence-electron chi connectivity index (χ4n) is 5.59. The molecular formula is C29H30N4O5S. The van der Waals surface area contributed by atoms with Crippen molar-refractivity contribution in [2.45, 2.75) is 44.7 Å². The number of likely N-dealkylation sites (tertiary alicyclic amines) is 1. The van der Waals surface area contributed by atoms with Gasteiger partial charge in [-0.1, -0.05) is 44.2 Å². The molecule has 0 spiro atoms. The number of nitrogens with zero attached hydrogens (tertiary/aromatic N) is 4. The second kappa shape index (κ2) is 10.8. The minimum absolute atomic E-state index is 0.202. The predicted molar refractivity (Wildman–Crippen MR) is 145 cm³/mol. The number of amides is 1. The molecule has 0 radical (unpaired) electrons. The standard InChI is InChI=1S/C29H30N4O5S/c1-19(2)16-23(22-7-5-6-21(17-22)20-9-13-30-14-10-20)28(35)32-15-11-25-27(32)26(34)18-33(25)39(37,38)29(36)24-8-3-4-12-31-24/h3-10,12-14,17,19,23,25,27H,11,15-16,18H2,1-2H3.